The molecule has 4 heteroatoms. The molecule has 0 bridgehead atoms. The fraction of sp³-hybridized carbons (Fsp3) is 0.545. The Kier molecular flexibility index (Phi) is 4.52. The molecule has 0 amide bonds. The molecule has 4 nitrogen and oxygen atoms in total. The number of pyridine rings is 1. The first-order valence-corrected chi connectivity index (χ1v) is 5.34. The minimum absolute atomic E-state index is 0.251. The zero-order chi connectivity index (χ0) is 11.3. The van der Waals surface area contributed by atoms with Gasteiger partial charge in [0, 0.05) is 12.2 Å². The lowest BCUT2D eigenvalue weighted by Crippen LogP contribution is -2.41. The summed E-state index contributed by atoms with van der Waals surface area (Å²) in [5.41, 5.74) is 9.69. The highest BCUT2D eigenvalue weighted by Crippen LogP contribution is 2.15. The van der Waals surface area contributed by atoms with Crippen molar-refractivity contribution in [2.24, 2.45) is 11.8 Å². The van der Waals surface area contributed by atoms with Crippen molar-refractivity contribution in [3.05, 3.63) is 23.9 Å². The van der Waals surface area contributed by atoms with Crippen molar-refractivity contribution in [3.8, 4) is 0 Å². The number of nitrogens with two attached hydrogens (primary N) is 2. The summed E-state index contributed by atoms with van der Waals surface area (Å²) in [6.45, 7) is 4.33. The summed E-state index contributed by atoms with van der Waals surface area (Å²) in [6.07, 6.45) is 3.62. The van der Waals surface area contributed by atoms with Crippen LogP contribution in [0.25, 0.3) is 0 Å². The molecule has 1 aromatic heterocycles. The largest absolute Gasteiger partial charge is 0.383 e. The van der Waals surface area contributed by atoms with Crippen molar-refractivity contribution in [3.63, 3.8) is 0 Å². The molecule has 5 N–H and O–H groups in total. The molecule has 1 aromatic rings. The lowest BCUT2D eigenvalue weighted by atomic mass is 9.94. The molecule has 84 valence electrons. The maximum atomic E-state index is 5.79. The van der Waals surface area contributed by atoms with Crippen LogP contribution >= 0.6 is 0 Å². The van der Waals surface area contributed by atoms with Gasteiger partial charge in [0.05, 0.1) is 0 Å². The van der Waals surface area contributed by atoms with Gasteiger partial charge >= 0.3 is 0 Å². The smallest absolute Gasteiger partial charge is 0.126 e. The van der Waals surface area contributed by atoms with Gasteiger partial charge in [0.1, 0.15) is 5.82 Å². The van der Waals surface area contributed by atoms with E-state index in [4.69, 9.17) is 11.6 Å². The second kappa shape index (κ2) is 5.68. The number of nitrogens with zero attached hydrogens (tertiary/aromatic N) is 1. The second-order valence-corrected chi connectivity index (χ2v) is 3.91. The van der Waals surface area contributed by atoms with Crippen LogP contribution < -0.4 is 17.0 Å². The third-order valence-electron chi connectivity index (χ3n) is 2.91. The van der Waals surface area contributed by atoms with Gasteiger partial charge < -0.3 is 5.73 Å². The molecular weight excluding hydrogens is 188 g/mol. The van der Waals surface area contributed by atoms with Crippen LogP contribution in [0, 0.1) is 5.92 Å². The average Bonchev–Trinajstić information content (AvgIpc) is 2.27. The van der Waals surface area contributed by atoms with Crippen molar-refractivity contribution in [1.29, 1.82) is 0 Å². The first-order chi connectivity index (χ1) is 7.19. The number of nitrogens with one attached hydrogen (secondary N) is 1. The normalized spacial score (nSPS) is 14.9. The van der Waals surface area contributed by atoms with Crippen LogP contribution in [-0.4, -0.2) is 11.0 Å². The van der Waals surface area contributed by atoms with E-state index in [2.05, 4.69) is 24.3 Å². The summed E-state index contributed by atoms with van der Waals surface area (Å²) in [5.74, 6) is 6.66. The van der Waals surface area contributed by atoms with Crippen LogP contribution in [0.1, 0.15) is 25.8 Å². The van der Waals surface area contributed by atoms with Crippen molar-refractivity contribution in [2.45, 2.75) is 32.7 Å². The monoisotopic (exact) mass is 208 g/mol. The van der Waals surface area contributed by atoms with Crippen LogP contribution in [0.3, 0.4) is 0 Å². The predicted molar refractivity (Wildman–Crippen MR) is 62.9 cm³/mol. The lowest BCUT2D eigenvalue weighted by molar-refractivity contribution is 0.370. The Balaban J connectivity index is 2.71. The van der Waals surface area contributed by atoms with Crippen molar-refractivity contribution < 1.29 is 0 Å². The van der Waals surface area contributed by atoms with E-state index in [1.807, 2.05) is 12.1 Å². The standard InChI is InChI=1S/C11H20N4/c1-3-8(2)10(15-13)7-9-5-4-6-14-11(9)12/h4-6,8,10,15H,3,7,13H2,1-2H3,(H2,12,14). The molecule has 0 saturated heterocycles. The third kappa shape index (κ3) is 3.18. The summed E-state index contributed by atoms with van der Waals surface area (Å²) in [6, 6.07) is 4.15. The average molecular weight is 208 g/mol. The van der Waals surface area contributed by atoms with Crippen LogP contribution in [-0.2, 0) is 6.42 Å². The molecule has 0 aliphatic heterocycles. The Bertz CT molecular complexity index is 300. The van der Waals surface area contributed by atoms with E-state index in [-0.39, 0.29) is 6.04 Å². The van der Waals surface area contributed by atoms with Gasteiger partial charge in [-0.15, -0.1) is 0 Å². The lowest BCUT2D eigenvalue weighted by Gasteiger charge is -2.22. The van der Waals surface area contributed by atoms with E-state index >= 15 is 0 Å². The predicted octanol–water partition coefficient (Wildman–Crippen LogP) is 1.08. The SMILES string of the molecule is CCC(C)C(Cc1cccnc1N)NN. The van der Waals surface area contributed by atoms with Gasteiger partial charge in [0.25, 0.3) is 0 Å². The van der Waals surface area contributed by atoms with Crippen LogP contribution in [0.2, 0.25) is 0 Å². The van der Waals surface area contributed by atoms with Gasteiger partial charge in [0.2, 0.25) is 0 Å². The molecule has 2 unspecified atom stereocenters. The van der Waals surface area contributed by atoms with Crippen LogP contribution in [0.15, 0.2) is 18.3 Å². The Morgan fingerprint density at radius 3 is 2.80 bits per heavy atom. The van der Waals surface area contributed by atoms with Gasteiger partial charge in [-0.25, -0.2) is 4.98 Å². The molecular formula is C11H20N4. The minimum Gasteiger partial charge on any atom is -0.383 e. The Morgan fingerprint density at radius 1 is 1.53 bits per heavy atom. The zero-order valence-electron chi connectivity index (χ0n) is 9.40. The van der Waals surface area contributed by atoms with E-state index < -0.39 is 0 Å². The van der Waals surface area contributed by atoms with Crippen LogP contribution in [0.5, 0.6) is 0 Å². The number of rotatable bonds is 5. The van der Waals surface area contributed by atoms with Crippen LogP contribution in [0.4, 0.5) is 5.82 Å². The van der Waals surface area contributed by atoms with E-state index in [9.17, 15) is 0 Å². The topological polar surface area (TPSA) is 77.0 Å². The minimum atomic E-state index is 0.251. The number of hydrogen-bond donors (Lipinski definition) is 3. The molecule has 0 aliphatic carbocycles. The number of hydrazine groups is 1. The molecule has 1 rings (SSSR count). The maximum Gasteiger partial charge on any atom is 0.126 e. The second-order valence-electron chi connectivity index (χ2n) is 3.91. The highest BCUT2D eigenvalue weighted by atomic mass is 15.2. The van der Waals surface area contributed by atoms with Gasteiger partial charge in [-0.1, -0.05) is 26.3 Å². The zero-order valence-corrected chi connectivity index (χ0v) is 9.40. The highest BCUT2D eigenvalue weighted by molar-refractivity contribution is 5.38. The van der Waals surface area contributed by atoms with Crippen molar-refractivity contribution in [2.75, 3.05) is 5.73 Å². The number of nitrogen functional groups attached to an aromatic ring is 1. The Labute approximate surface area is 91.0 Å². The van der Waals surface area contributed by atoms with E-state index in [0.29, 0.717) is 11.7 Å². The van der Waals surface area contributed by atoms with Gasteiger partial charge in [-0.2, -0.15) is 0 Å². The fourth-order valence-electron chi connectivity index (χ4n) is 1.57. The highest BCUT2D eigenvalue weighted by Gasteiger charge is 2.15. The molecule has 15 heavy (non-hydrogen) atoms. The molecule has 0 aliphatic rings. The molecule has 1 heterocycles. The van der Waals surface area contributed by atoms with E-state index in [1.165, 1.54) is 0 Å². The van der Waals surface area contributed by atoms with Crippen molar-refractivity contribution in [1.82, 2.24) is 10.4 Å². The molecule has 2 atom stereocenters. The molecule has 0 saturated carbocycles. The van der Waals surface area contributed by atoms with E-state index in [0.717, 1.165) is 18.4 Å². The third-order valence-corrected chi connectivity index (χ3v) is 2.91. The first-order valence-electron chi connectivity index (χ1n) is 5.34. The first kappa shape index (κ1) is 11.9. The molecule has 0 aromatic carbocycles. The van der Waals surface area contributed by atoms with Gasteiger partial charge in [0.15, 0.2) is 0 Å². The quantitative estimate of drug-likeness (QED) is 0.500. The van der Waals surface area contributed by atoms with Crippen molar-refractivity contribution >= 4 is 5.82 Å². The summed E-state index contributed by atoms with van der Waals surface area (Å²) in [7, 11) is 0. The number of aromatic nitrogens is 1. The molecule has 0 spiro atoms. The summed E-state index contributed by atoms with van der Waals surface area (Å²) < 4.78 is 0. The van der Waals surface area contributed by atoms with E-state index in [1.54, 1.807) is 6.20 Å². The number of anilines is 1. The molecule has 0 radical (unpaired) electrons. The fourth-order valence-corrected chi connectivity index (χ4v) is 1.57. The summed E-state index contributed by atoms with van der Waals surface area (Å²) >= 11 is 0. The summed E-state index contributed by atoms with van der Waals surface area (Å²) in [5, 5.41) is 0. The Morgan fingerprint density at radius 2 is 2.27 bits per heavy atom. The van der Waals surface area contributed by atoms with Gasteiger partial charge in [-0.3, -0.25) is 11.3 Å². The van der Waals surface area contributed by atoms with Gasteiger partial charge in [-0.05, 0) is 24.0 Å². The maximum absolute atomic E-state index is 5.79. The number of hydrogen-bond acceptors (Lipinski definition) is 4. The summed E-state index contributed by atoms with van der Waals surface area (Å²) in [4.78, 5) is 4.06. The Hall–Kier alpha value is -1.13. The molecule has 0 fully saturated rings.